The summed E-state index contributed by atoms with van der Waals surface area (Å²) in [6.45, 7) is 2.22. The summed E-state index contributed by atoms with van der Waals surface area (Å²) < 4.78 is 13.8. The van der Waals surface area contributed by atoms with Gasteiger partial charge in [0.05, 0.1) is 11.3 Å². The molecular formula is C23H18FN3O2. The third-order valence-electron chi connectivity index (χ3n) is 5.53. The predicted molar refractivity (Wildman–Crippen MR) is 108 cm³/mol. The van der Waals surface area contributed by atoms with Crippen LogP contribution in [0.3, 0.4) is 0 Å². The molecule has 0 radical (unpaired) electrons. The molecule has 5 nitrogen and oxygen atoms in total. The Hall–Kier alpha value is -3.67. The molecule has 29 heavy (non-hydrogen) atoms. The second-order valence-corrected chi connectivity index (χ2v) is 7.40. The van der Waals surface area contributed by atoms with Gasteiger partial charge in [0.1, 0.15) is 5.82 Å². The van der Waals surface area contributed by atoms with Crippen molar-refractivity contribution in [1.82, 2.24) is 4.90 Å². The molecule has 5 rings (SSSR count). The van der Waals surface area contributed by atoms with Gasteiger partial charge in [-0.15, -0.1) is 0 Å². The van der Waals surface area contributed by atoms with Crippen molar-refractivity contribution in [1.29, 1.82) is 0 Å². The van der Waals surface area contributed by atoms with Crippen LogP contribution in [0.25, 0.3) is 0 Å². The van der Waals surface area contributed by atoms with E-state index in [2.05, 4.69) is 10.6 Å². The highest BCUT2D eigenvalue weighted by Crippen LogP contribution is 2.46. The van der Waals surface area contributed by atoms with Crippen molar-refractivity contribution in [3.8, 4) is 0 Å². The lowest BCUT2D eigenvalue weighted by molar-refractivity contribution is -0.125. The second-order valence-electron chi connectivity index (χ2n) is 7.40. The fourth-order valence-corrected chi connectivity index (χ4v) is 4.07. The Balaban J connectivity index is 1.70. The van der Waals surface area contributed by atoms with Crippen molar-refractivity contribution in [3.05, 3.63) is 94.8 Å². The van der Waals surface area contributed by atoms with E-state index in [9.17, 15) is 14.0 Å². The summed E-state index contributed by atoms with van der Waals surface area (Å²) in [4.78, 5) is 28.3. The molecule has 6 heteroatoms. The monoisotopic (exact) mass is 387 g/mol. The van der Waals surface area contributed by atoms with Gasteiger partial charge in [-0.3, -0.25) is 14.5 Å². The lowest BCUT2D eigenvalue weighted by Gasteiger charge is -2.44. The molecule has 3 aromatic rings. The zero-order valence-electron chi connectivity index (χ0n) is 15.7. The van der Waals surface area contributed by atoms with Crippen LogP contribution in [0.1, 0.15) is 27.0 Å². The summed E-state index contributed by atoms with van der Waals surface area (Å²) in [7, 11) is 0. The highest BCUT2D eigenvalue weighted by Gasteiger charge is 2.56. The van der Waals surface area contributed by atoms with E-state index in [4.69, 9.17) is 0 Å². The van der Waals surface area contributed by atoms with Gasteiger partial charge in [-0.1, -0.05) is 42.0 Å². The first-order chi connectivity index (χ1) is 14.0. The molecule has 1 spiro atoms. The lowest BCUT2D eigenvalue weighted by atomic mass is 9.92. The maximum absolute atomic E-state index is 13.8. The zero-order chi connectivity index (χ0) is 20.2. The number of hydrogen-bond donors (Lipinski definition) is 2. The average molecular weight is 387 g/mol. The Bertz CT molecular complexity index is 1160. The van der Waals surface area contributed by atoms with E-state index in [1.54, 1.807) is 30.3 Å². The highest BCUT2D eigenvalue weighted by atomic mass is 19.1. The molecule has 0 saturated carbocycles. The molecule has 2 aliphatic rings. The Morgan fingerprint density at radius 2 is 1.72 bits per heavy atom. The van der Waals surface area contributed by atoms with Gasteiger partial charge in [-0.2, -0.15) is 0 Å². The summed E-state index contributed by atoms with van der Waals surface area (Å²) in [5, 5.41) is 6.02. The molecule has 3 aromatic carbocycles. The van der Waals surface area contributed by atoms with Gasteiger partial charge in [0.2, 0.25) is 5.66 Å². The molecule has 1 atom stereocenters. The summed E-state index contributed by atoms with van der Waals surface area (Å²) in [6.07, 6.45) is 0. The second kappa shape index (κ2) is 6.17. The van der Waals surface area contributed by atoms with Crippen molar-refractivity contribution in [3.63, 3.8) is 0 Å². The van der Waals surface area contributed by atoms with Crippen LogP contribution in [-0.4, -0.2) is 16.7 Å². The number of nitrogens with one attached hydrogen (secondary N) is 2. The molecule has 2 amide bonds. The molecular weight excluding hydrogens is 369 g/mol. The summed E-state index contributed by atoms with van der Waals surface area (Å²) in [5.41, 5.74) is 2.52. The van der Waals surface area contributed by atoms with Crippen LogP contribution >= 0.6 is 0 Å². The van der Waals surface area contributed by atoms with Crippen LogP contribution in [-0.2, 0) is 17.0 Å². The Labute approximate surface area is 167 Å². The van der Waals surface area contributed by atoms with Crippen LogP contribution in [0.5, 0.6) is 0 Å². The van der Waals surface area contributed by atoms with E-state index >= 15 is 0 Å². The Kier molecular flexibility index (Phi) is 3.71. The van der Waals surface area contributed by atoms with E-state index < -0.39 is 17.4 Å². The molecule has 2 N–H and O–H groups in total. The molecule has 0 aliphatic carbocycles. The lowest BCUT2D eigenvalue weighted by Crippen LogP contribution is -2.60. The quantitative estimate of drug-likeness (QED) is 0.699. The number of aryl methyl sites for hydroxylation is 1. The average Bonchev–Trinajstić information content (AvgIpc) is 2.97. The van der Waals surface area contributed by atoms with Crippen molar-refractivity contribution >= 4 is 23.2 Å². The van der Waals surface area contributed by atoms with Gasteiger partial charge in [-0.25, -0.2) is 4.39 Å². The Morgan fingerprint density at radius 3 is 2.52 bits per heavy atom. The van der Waals surface area contributed by atoms with Crippen molar-refractivity contribution in [2.45, 2.75) is 19.1 Å². The van der Waals surface area contributed by atoms with Gasteiger partial charge < -0.3 is 10.6 Å². The van der Waals surface area contributed by atoms with Gasteiger partial charge in [0.15, 0.2) is 0 Å². The van der Waals surface area contributed by atoms with Crippen molar-refractivity contribution < 1.29 is 14.0 Å². The molecule has 0 aromatic heterocycles. The highest BCUT2D eigenvalue weighted by molar-refractivity contribution is 6.14. The molecule has 0 saturated heterocycles. The number of amides is 2. The largest absolute Gasteiger partial charge is 0.350 e. The first-order valence-electron chi connectivity index (χ1n) is 9.35. The topological polar surface area (TPSA) is 61.4 Å². The molecule has 2 heterocycles. The Morgan fingerprint density at radius 1 is 0.966 bits per heavy atom. The van der Waals surface area contributed by atoms with E-state index in [0.29, 0.717) is 22.5 Å². The third kappa shape index (κ3) is 2.52. The summed E-state index contributed by atoms with van der Waals surface area (Å²) in [5.74, 6) is -1.12. The summed E-state index contributed by atoms with van der Waals surface area (Å²) >= 11 is 0. The first-order valence-corrected chi connectivity index (χ1v) is 9.35. The van der Waals surface area contributed by atoms with E-state index in [-0.39, 0.29) is 12.5 Å². The van der Waals surface area contributed by atoms with Crippen LogP contribution < -0.4 is 10.6 Å². The number of hydrogen-bond acceptors (Lipinski definition) is 3. The number of nitrogens with zero attached hydrogens (tertiary/aromatic N) is 1. The van der Waals surface area contributed by atoms with Gasteiger partial charge >= 0.3 is 0 Å². The number of fused-ring (bicyclic) bond motifs is 3. The normalized spacial score (nSPS) is 19.6. The van der Waals surface area contributed by atoms with Gasteiger partial charge in [0, 0.05) is 17.8 Å². The van der Waals surface area contributed by atoms with E-state index in [1.165, 1.54) is 17.0 Å². The standard InChI is InChI=1S/C23H18FN3O2/c1-14-6-8-15(9-7-14)13-27-21(28)17-4-2-3-5-19(17)26-23(27)18-11-10-16(24)12-20(18)25-22(23)29/h2-12,26H,13H2,1H3,(H,25,29)/t23-/m1/s1. The molecule has 0 fully saturated rings. The molecule has 0 bridgehead atoms. The fourth-order valence-electron chi connectivity index (χ4n) is 4.07. The first kappa shape index (κ1) is 17.4. The number of rotatable bonds is 2. The molecule has 144 valence electrons. The maximum atomic E-state index is 13.8. The smallest absolute Gasteiger partial charge is 0.276 e. The van der Waals surface area contributed by atoms with Crippen LogP contribution in [0.4, 0.5) is 15.8 Å². The minimum absolute atomic E-state index is 0.227. The fraction of sp³-hybridized carbons (Fsp3) is 0.130. The summed E-state index contributed by atoms with van der Waals surface area (Å²) in [6, 6.07) is 19.1. The number of carbonyl (C=O) groups excluding carboxylic acids is 2. The third-order valence-corrected chi connectivity index (χ3v) is 5.53. The van der Waals surface area contributed by atoms with Crippen LogP contribution in [0.15, 0.2) is 66.7 Å². The number of carbonyl (C=O) groups is 2. The predicted octanol–water partition coefficient (Wildman–Crippen LogP) is 4.01. The molecule has 2 aliphatic heterocycles. The van der Waals surface area contributed by atoms with E-state index in [0.717, 1.165) is 11.1 Å². The van der Waals surface area contributed by atoms with Gasteiger partial charge in [-0.05, 0) is 42.8 Å². The van der Waals surface area contributed by atoms with Crippen LogP contribution in [0.2, 0.25) is 0 Å². The maximum Gasteiger partial charge on any atom is 0.276 e. The SMILES string of the molecule is Cc1ccc(CN2C(=O)c3ccccc3N[C@@]23C(=O)Nc2cc(F)ccc23)cc1. The minimum atomic E-state index is -1.45. The minimum Gasteiger partial charge on any atom is -0.350 e. The number of anilines is 2. The van der Waals surface area contributed by atoms with Crippen molar-refractivity contribution in [2.75, 3.05) is 10.6 Å². The number of para-hydroxylation sites is 1. The zero-order valence-corrected chi connectivity index (χ0v) is 15.7. The number of halogens is 1. The van der Waals surface area contributed by atoms with Gasteiger partial charge in [0.25, 0.3) is 11.8 Å². The number of benzene rings is 3. The van der Waals surface area contributed by atoms with Crippen LogP contribution in [0, 0.1) is 12.7 Å². The van der Waals surface area contributed by atoms with Crippen molar-refractivity contribution in [2.24, 2.45) is 0 Å². The molecule has 0 unspecified atom stereocenters. The van der Waals surface area contributed by atoms with E-state index in [1.807, 2.05) is 31.2 Å².